The number of nitrogens with zero attached hydrogens (tertiary/aromatic N) is 2. The number of hydrogen-bond acceptors (Lipinski definition) is 6. The molecule has 25 heavy (non-hydrogen) atoms. The van der Waals surface area contributed by atoms with Crippen molar-refractivity contribution >= 4 is 22.8 Å². The predicted molar refractivity (Wildman–Crippen MR) is 92.9 cm³/mol. The number of anilines is 1. The molecular weight excluding hydrogens is 318 g/mol. The minimum absolute atomic E-state index is 0.440. The van der Waals surface area contributed by atoms with Crippen LogP contribution in [0.3, 0.4) is 0 Å². The van der Waals surface area contributed by atoms with E-state index < -0.39 is 12.0 Å². The number of aromatic nitrogens is 1. The van der Waals surface area contributed by atoms with Crippen LogP contribution < -0.4 is 5.32 Å². The molecule has 0 aliphatic carbocycles. The maximum Gasteiger partial charge on any atom is 0.332 e. The normalized spacial score (nSPS) is 11.7. The summed E-state index contributed by atoms with van der Waals surface area (Å²) < 4.78 is 10.5. The van der Waals surface area contributed by atoms with E-state index in [4.69, 9.17) is 14.4 Å². The highest BCUT2D eigenvalue weighted by atomic mass is 16.5. The zero-order valence-corrected chi connectivity index (χ0v) is 13.9. The Bertz CT molecular complexity index is 956. The maximum absolute atomic E-state index is 12.2. The molecule has 1 unspecified atom stereocenters. The van der Waals surface area contributed by atoms with Crippen LogP contribution >= 0.6 is 0 Å². The second-order valence-corrected chi connectivity index (χ2v) is 5.48. The molecule has 0 saturated carbocycles. The molecule has 1 heterocycles. The first-order valence-corrected chi connectivity index (χ1v) is 7.88. The van der Waals surface area contributed by atoms with Gasteiger partial charge in [0.05, 0.1) is 18.7 Å². The van der Waals surface area contributed by atoms with E-state index in [0.717, 1.165) is 5.52 Å². The van der Waals surface area contributed by atoms with Crippen molar-refractivity contribution in [3.8, 4) is 6.07 Å². The fourth-order valence-corrected chi connectivity index (χ4v) is 2.57. The molecule has 0 aliphatic heterocycles. The van der Waals surface area contributed by atoms with Gasteiger partial charge in [-0.2, -0.15) is 5.26 Å². The van der Waals surface area contributed by atoms with Crippen LogP contribution in [-0.4, -0.2) is 18.1 Å². The summed E-state index contributed by atoms with van der Waals surface area (Å²) in [4.78, 5) is 16.6. The first kappa shape index (κ1) is 16.5. The Hall–Kier alpha value is -3.33. The molecule has 1 atom stereocenters. The summed E-state index contributed by atoms with van der Waals surface area (Å²) in [6.07, 6.45) is 0.711. The third-order valence-electron chi connectivity index (χ3n) is 3.83. The molecule has 0 saturated heterocycles. The fourth-order valence-electron chi connectivity index (χ4n) is 2.57. The van der Waals surface area contributed by atoms with Crippen LogP contribution in [0.1, 0.15) is 30.0 Å². The standard InChI is InChI=1S/C19H17N3O3/c1-3-17-22-15-10-14(7-8-16(15)25-17)21-18(19(23)24-2)13-6-4-5-12(9-13)11-20/h4-10,18,21H,3H2,1-2H3. The number of rotatable bonds is 5. The first-order valence-electron chi connectivity index (χ1n) is 7.88. The molecule has 1 aromatic heterocycles. The van der Waals surface area contributed by atoms with Crippen molar-refractivity contribution in [1.82, 2.24) is 4.98 Å². The maximum atomic E-state index is 12.2. The van der Waals surface area contributed by atoms with E-state index in [0.29, 0.717) is 34.7 Å². The SMILES string of the molecule is CCc1nc2cc(NC(C(=O)OC)c3cccc(C#N)c3)ccc2o1. The Morgan fingerprint density at radius 1 is 1.36 bits per heavy atom. The molecule has 0 radical (unpaired) electrons. The number of esters is 1. The van der Waals surface area contributed by atoms with Gasteiger partial charge in [-0.05, 0) is 35.9 Å². The first-order chi connectivity index (χ1) is 12.1. The lowest BCUT2D eigenvalue weighted by atomic mass is 10.0. The van der Waals surface area contributed by atoms with Crippen molar-refractivity contribution in [2.45, 2.75) is 19.4 Å². The number of fused-ring (bicyclic) bond motifs is 1. The molecule has 0 fully saturated rings. The third-order valence-corrected chi connectivity index (χ3v) is 3.83. The molecule has 126 valence electrons. The zero-order valence-electron chi connectivity index (χ0n) is 13.9. The third kappa shape index (κ3) is 3.45. The van der Waals surface area contributed by atoms with Gasteiger partial charge in [0, 0.05) is 12.1 Å². The highest BCUT2D eigenvalue weighted by Crippen LogP contribution is 2.25. The molecule has 3 aromatic rings. The fraction of sp³-hybridized carbons (Fsp3) is 0.211. The molecule has 0 amide bonds. The number of nitrogens with one attached hydrogen (secondary N) is 1. The number of hydrogen-bond donors (Lipinski definition) is 1. The van der Waals surface area contributed by atoms with Gasteiger partial charge in [0.15, 0.2) is 17.5 Å². The lowest BCUT2D eigenvalue weighted by Gasteiger charge is -2.18. The Morgan fingerprint density at radius 2 is 2.20 bits per heavy atom. The van der Waals surface area contributed by atoms with Crippen LogP contribution in [0, 0.1) is 11.3 Å². The van der Waals surface area contributed by atoms with Crippen molar-refractivity contribution < 1.29 is 13.9 Å². The lowest BCUT2D eigenvalue weighted by Crippen LogP contribution is -2.22. The Morgan fingerprint density at radius 3 is 2.92 bits per heavy atom. The van der Waals surface area contributed by atoms with Crippen LogP contribution in [0.15, 0.2) is 46.9 Å². The summed E-state index contributed by atoms with van der Waals surface area (Å²) in [6, 6.07) is 13.7. The molecule has 3 rings (SSSR count). The van der Waals surface area contributed by atoms with Crippen molar-refractivity contribution in [1.29, 1.82) is 5.26 Å². The number of carbonyl (C=O) groups excluding carboxylic acids is 1. The predicted octanol–water partition coefficient (Wildman–Crippen LogP) is 3.59. The number of methoxy groups -OCH3 is 1. The van der Waals surface area contributed by atoms with Gasteiger partial charge in [0.25, 0.3) is 0 Å². The largest absolute Gasteiger partial charge is 0.467 e. The van der Waals surface area contributed by atoms with E-state index >= 15 is 0 Å². The van der Waals surface area contributed by atoms with E-state index in [1.165, 1.54) is 7.11 Å². The smallest absolute Gasteiger partial charge is 0.332 e. The Labute approximate surface area is 145 Å². The second-order valence-electron chi connectivity index (χ2n) is 5.48. The minimum Gasteiger partial charge on any atom is -0.467 e. The van der Waals surface area contributed by atoms with E-state index in [1.54, 1.807) is 24.3 Å². The van der Waals surface area contributed by atoms with Crippen molar-refractivity contribution in [3.05, 3.63) is 59.5 Å². The van der Waals surface area contributed by atoms with Crippen LogP contribution in [0.5, 0.6) is 0 Å². The number of oxazole rings is 1. The van der Waals surface area contributed by atoms with Gasteiger partial charge in [-0.15, -0.1) is 0 Å². The highest BCUT2D eigenvalue weighted by Gasteiger charge is 2.22. The number of aryl methyl sites for hydroxylation is 1. The number of nitriles is 1. The van der Waals surface area contributed by atoms with E-state index in [9.17, 15) is 4.79 Å². The van der Waals surface area contributed by atoms with Gasteiger partial charge in [-0.25, -0.2) is 9.78 Å². The highest BCUT2D eigenvalue weighted by molar-refractivity contribution is 5.83. The molecule has 1 N–H and O–H groups in total. The topological polar surface area (TPSA) is 88.1 Å². The Kier molecular flexibility index (Phi) is 4.66. The summed E-state index contributed by atoms with van der Waals surface area (Å²) in [5, 5.41) is 12.2. The second kappa shape index (κ2) is 7.05. The minimum atomic E-state index is -0.728. The van der Waals surface area contributed by atoms with Gasteiger partial charge >= 0.3 is 5.97 Å². The zero-order chi connectivity index (χ0) is 17.8. The molecule has 0 aliphatic rings. The average Bonchev–Trinajstić information content (AvgIpc) is 3.08. The summed E-state index contributed by atoms with van der Waals surface area (Å²) in [6.45, 7) is 1.97. The molecule has 0 spiro atoms. The van der Waals surface area contributed by atoms with Crippen molar-refractivity contribution in [3.63, 3.8) is 0 Å². The van der Waals surface area contributed by atoms with Crippen LogP contribution in [0.4, 0.5) is 5.69 Å². The molecule has 6 nitrogen and oxygen atoms in total. The van der Waals surface area contributed by atoms with Gasteiger partial charge in [0.2, 0.25) is 0 Å². The molecule has 2 aromatic carbocycles. The van der Waals surface area contributed by atoms with Gasteiger partial charge in [-0.3, -0.25) is 0 Å². The van der Waals surface area contributed by atoms with Crippen LogP contribution in [0.25, 0.3) is 11.1 Å². The van der Waals surface area contributed by atoms with E-state index in [-0.39, 0.29) is 0 Å². The average molecular weight is 335 g/mol. The number of carbonyl (C=O) groups is 1. The van der Waals surface area contributed by atoms with Crippen molar-refractivity contribution in [2.75, 3.05) is 12.4 Å². The summed E-state index contributed by atoms with van der Waals surface area (Å²) in [5.74, 6) is 0.225. The molecule has 0 bridgehead atoms. The van der Waals surface area contributed by atoms with Crippen molar-refractivity contribution in [2.24, 2.45) is 0 Å². The summed E-state index contributed by atoms with van der Waals surface area (Å²) in [5.41, 5.74) is 3.26. The molecule has 6 heteroatoms. The van der Waals surface area contributed by atoms with Crippen LogP contribution in [0.2, 0.25) is 0 Å². The number of ether oxygens (including phenoxy) is 1. The van der Waals surface area contributed by atoms with Gasteiger partial charge in [-0.1, -0.05) is 19.1 Å². The van der Waals surface area contributed by atoms with E-state index in [1.807, 2.05) is 25.1 Å². The summed E-state index contributed by atoms with van der Waals surface area (Å²) >= 11 is 0. The lowest BCUT2D eigenvalue weighted by molar-refractivity contribution is -0.141. The molecular formula is C19H17N3O3. The summed E-state index contributed by atoms with van der Waals surface area (Å²) in [7, 11) is 1.33. The van der Waals surface area contributed by atoms with Gasteiger partial charge < -0.3 is 14.5 Å². The quantitative estimate of drug-likeness (QED) is 0.717. The van der Waals surface area contributed by atoms with Crippen LogP contribution in [-0.2, 0) is 16.0 Å². The van der Waals surface area contributed by atoms with Gasteiger partial charge in [0.1, 0.15) is 5.52 Å². The Balaban J connectivity index is 1.95. The number of benzene rings is 2. The van der Waals surface area contributed by atoms with E-state index in [2.05, 4.69) is 16.4 Å². The monoisotopic (exact) mass is 335 g/mol.